The molecule has 0 aromatic heterocycles. The number of nitrogens with one attached hydrogen (secondary N) is 1. The molecule has 0 saturated carbocycles. The van der Waals surface area contributed by atoms with Gasteiger partial charge in [-0.15, -0.1) is 0 Å². The van der Waals surface area contributed by atoms with Crippen LogP contribution >= 0.6 is 0 Å². The lowest BCUT2D eigenvalue weighted by atomic mass is 10.7. The zero-order valence-corrected chi connectivity index (χ0v) is 5.67. The molecule has 0 amide bonds. The summed E-state index contributed by atoms with van der Waals surface area (Å²) in [6.07, 6.45) is 0.833. The lowest BCUT2D eigenvalue weighted by molar-refractivity contribution is -0.131. The molecule has 0 bridgehead atoms. The number of hydrogen-bond acceptors (Lipinski definition) is 3. The van der Waals surface area contributed by atoms with Gasteiger partial charge in [0.05, 0.1) is 13.3 Å². The summed E-state index contributed by atoms with van der Waals surface area (Å²) in [6, 6.07) is 0. The summed E-state index contributed by atoms with van der Waals surface area (Å²) in [4.78, 5) is 9.25. The number of carboxylic acid groups (broad SMARTS) is 1. The Morgan fingerprint density at radius 2 is 2.40 bits per heavy atom. The molecular weight excluding hydrogens is 134 g/mol. The maximum absolute atomic E-state index is 9.25. The molecule has 0 unspecified atom stereocenters. The standard InChI is InChI=1S/C3H7NO.C3H4O2/c1-2-5-3-4-1;1-2-3(4)5/h4H,1-3H2;2H,1H2,(H,4,5). The zero-order chi connectivity index (χ0) is 7.82. The van der Waals surface area contributed by atoms with Gasteiger partial charge in [0.1, 0.15) is 0 Å². The molecule has 1 fully saturated rings. The van der Waals surface area contributed by atoms with E-state index in [0.717, 1.165) is 26.0 Å². The summed E-state index contributed by atoms with van der Waals surface area (Å²) in [5, 5.41) is 10.6. The molecule has 0 radical (unpaired) electrons. The molecule has 0 aromatic rings. The molecule has 0 spiro atoms. The second-order valence-corrected chi connectivity index (χ2v) is 1.59. The van der Waals surface area contributed by atoms with Crippen molar-refractivity contribution in [3.8, 4) is 0 Å². The van der Waals surface area contributed by atoms with Gasteiger partial charge < -0.3 is 9.84 Å². The summed E-state index contributed by atoms with van der Waals surface area (Å²) in [5.74, 6) is -0.981. The summed E-state index contributed by atoms with van der Waals surface area (Å²) in [7, 11) is 0. The minimum atomic E-state index is -0.981. The van der Waals surface area contributed by atoms with Gasteiger partial charge in [-0.25, -0.2) is 4.79 Å². The maximum Gasteiger partial charge on any atom is 0.327 e. The molecule has 10 heavy (non-hydrogen) atoms. The van der Waals surface area contributed by atoms with Crippen molar-refractivity contribution in [1.29, 1.82) is 0 Å². The van der Waals surface area contributed by atoms with Gasteiger partial charge in [0.15, 0.2) is 0 Å². The van der Waals surface area contributed by atoms with Crippen molar-refractivity contribution in [1.82, 2.24) is 5.32 Å². The van der Waals surface area contributed by atoms with E-state index in [1.165, 1.54) is 0 Å². The normalized spacial score (nSPS) is 15.2. The minimum Gasteiger partial charge on any atom is -0.478 e. The van der Waals surface area contributed by atoms with Gasteiger partial charge >= 0.3 is 5.97 Å². The predicted octanol–water partition coefficient (Wildman–Crippen LogP) is -0.179. The van der Waals surface area contributed by atoms with Crippen molar-refractivity contribution in [3.63, 3.8) is 0 Å². The first-order valence-corrected chi connectivity index (χ1v) is 2.91. The first kappa shape index (κ1) is 9.13. The summed E-state index contributed by atoms with van der Waals surface area (Å²) in [5.41, 5.74) is 0. The van der Waals surface area contributed by atoms with Crippen molar-refractivity contribution < 1.29 is 14.6 Å². The average molecular weight is 145 g/mol. The van der Waals surface area contributed by atoms with Crippen LogP contribution in [-0.2, 0) is 9.53 Å². The third-order valence-electron chi connectivity index (χ3n) is 0.802. The first-order chi connectivity index (χ1) is 4.77. The molecule has 1 aliphatic rings. The van der Waals surface area contributed by atoms with E-state index in [2.05, 4.69) is 11.9 Å². The van der Waals surface area contributed by atoms with Crippen molar-refractivity contribution in [2.24, 2.45) is 0 Å². The third-order valence-corrected chi connectivity index (χ3v) is 0.802. The third kappa shape index (κ3) is 7.13. The molecule has 1 rings (SSSR count). The van der Waals surface area contributed by atoms with E-state index in [1.807, 2.05) is 0 Å². The Hall–Kier alpha value is -0.870. The van der Waals surface area contributed by atoms with Gasteiger partial charge in [-0.3, -0.25) is 5.32 Å². The van der Waals surface area contributed by atoms with Gasteiger partial charge in [-0.1, -0.05) is 6.58 Å². The molecule has 0 aromatic carbocycles. The lowest BCUT2D eigenvalue weighted by Gasteiger charge is -1.76. The van der Waals surface area contributed by atoms with Crippen LogP contribution in [0.5, 0.6) is 0 Å². The monoisotopic (exact) mass is 145 g/mol. The van der Waals surface area contributed by atoms with Crippen molar-refractivity contribution in [2.75, 3.05) is 19.9 Å². The van der Waals surface area contributed by atoms with E-state index in [0.29, 0.717) is 0 Å². The largest absolute Gasteiger partial charge is 0.478 e. The lowest BCUT2D eigenvalue weighted by Crippen LogP contribution is -2.05. The molecule has 58 valence electrons. The fourth-order valence-electron chi connectivity index (χ4n) is 0.361. The average Bonchev–Trinajstić information content (AvgIpc) is 2.43. The Labute approximate surface area is 59.5 Å². The fraction of sp³-hybridized carbons (Fsp3) is 0.500. The highest BCUT2D eigenvalue weighted by atomic mass is 16.5. The first-order valence-electron chi connectivity index (χ1n) is 2.91. The topological polar surface area (TPSA) is 58.6 Å². The Balaban J connectivity index is 0.000000162. The number of aliphatic carboxylic acids is 1. The molecule has 0 atom stereocenters. The van der Waals surface area contributed by atoms with Gasteiger partial charge in [0.2, 0.25) is 0 Å². The number of rotatable bonds is 1. The smallest absolute Gasteiger partial charge is 0.327 e. The van der Waals surface area contributed by atoms with Crippen LogP contribution in [0.2, 0.25) is 0 Å². The predicted molar refractivity (Wildman–Crippen MR) is 36.7 cm³/mol. The van der Waals surface area contributed by atoms with Crippen LogP contribution in [0.25, 0.3) is 0 Å². The molecule has 0 aliphatic carbocycles. The van der Waals surface area contributed by atoms with E-state index < -0.39 is 5.97 Å². The Morgan fingerprint density at radius 3 is 2.50 bits per heavy atom. The van der Waals surface area contributed by atoms with Gasteiger partial charge in [-0.2, -0.15) is 0 Å². The van der Waals surface area contributed by atoms with E-state index in [-0.39, 0.29) is 0 Å². The van der Waals surface area contributed by atoms with Gasteiger partial charge in [-0.05, 0) is 0 Å². The molecule has 1 saturated heterocycles. The maximum atomic E-state index is 9.25. The van der Waals surface area contributed by atoms with E-state index in [9.17, 15) is 4.79 Å². The summed E-state index contributed by atoms with van der Waals surface area (Å²) < 4.78 is 4.83. The van der Waals surface area contributed by atoms with Crippen LogP contribution in [-0.4, -0.2) is 31.0 Å². The number of carbonyl (C=O) groups is 1. The number of carboxylic acids is 1. The summed E-state index contributed by atoms with van der Waals surface area (Å²) in [6.45, 7) is 5.63. The van der Waals surface area contributed by atoms with Gasteiger partial charge in [0, 0.05) is 12.6 Å². The number of hydrogen-bond donors (Lipinski definition) is 2. The molecule has 4 nitrogen and oxygen atoms in total. The SMILES string of the molecule is C1COCN1.C=CC(=O)O. The highest BCUT2D eigenvalue weighted by Crippen LogP contribution is 1.75. The minimum absolute atomic E-state index is 0.750. The Bertz CT molecular complexity index is 102. The molecule has 4 heteroatoms. The van der Waals surface area contributed by atoms with Crippen LogP contribution in [0.1, 0.15) is 0 Å². The van der Waals surface area contributed by atoms with Gasteiger partial charge in [0.25, 0.3) is 0 Å². The second-order valence-electron chi connectivity index (χ2n) is 1.59. The Kier molecular flexibility index (Phi) is 5.71. The molecular formula is C6H11NO3. The summed E-state index contributed by atoms with van der Waals surface area (Å²) >= 11 is 0. The van der Waals surface area contributed by atoms with E-state index in [1.54, 1.807) is 0 Å². The van der Waals surface area contributed by atoms with Crippen molar-refractivity contribution in [2.45, 2.75) is 0 Å². The van der Waals surface area contributed by atoms with Crippen molar-refractivity contribution >= 4 is 5.97 Å². The fourth-order valence-corrected chi connectivity index (χ4v) is 0.361. The quantitative estimate of drug-likeness (QED) is 0.502. The Morgan fingerprint density at radius 1 is 1.80 bits per heavy atom. The highest BCUT2D eigenvalue weighted by molar-refractivity contribution is 5.78. The van der Waals surface area contributed by atoms with Crippen LogP contribution in [0.15, 0.2) is 12.7 Å². The van der Waals surface area contributed by atoms with Crippen LogP contribution in [0.3, 0.4) is 0 Å². The second kappa shape index (κ2) is 6.25. The molecule has 1 aliphatic heterocycles. The zero-order valence-electron chi connectivity index (χ0n) is 5.67. The van der Waals surface area contributed by atoms with Crippen LogP contribution in [0.4, 0.5) is 0 Å². The van der Waals surface area contributed by atoms with Crippen LogP contribution in [0, 0.1) is 0 Å². The highest BCUT2D eigenvalue weighted by Gasteiger charge is 1.92. The van der Waals surface area contributed by atoms with E-state index >= 15 is 0 Å². The number of ether oxygens (including phenoxy) is 1. The molecule has 1 heterocycles. The van der Waals surface area contributed by atoms with E-state index in [4.69, 9.17) is 9.84 Å². The van der Waals surface area contributed by atoms with Crippen LogP contribution < -0.4 is 5.32 Å². The van der Waals surface area contributed by atoms with Crippen molar-refractivity contribution in [3.05, 3.63) is 12.7 Å². The molecule has 2 N–H and O–H groups in total.